The van der Waals surface area contributed by atoms with Crippen molar-refractivity contribution in [1.29, 1.82) is 0 Å². The fourth-order valence-corrected chi connectivity index (χ4v) is 4.23. The number of amides is 1. The third-order valence-electron chi connectivity index (χ3n) is 5.99. The molecule has 1 saturated heterocycles. The first-order chi connectivity index (χ1) is 16.9. The van der Waals surface area contributed by atoms with Crippen LogP contribution in [0.5, 0.6) is 0 Å². The zero-order chi connectivity index (χ0) is 24.9. The van der Waals surface area contributed by atoms with Crippen LogP contribution in [0.4, 0.5) is 10.1 Å². The third-order valence-corrected chi connectivity index (χ3v) is 5.99. The maximum Gasteiger partial charge on any atom is 0.358 e. The fraction of sp³-hybridized carbons (Fsp3) is 0.370. The molecule has 0 aliphatic carbocycles. The van der Waals surface area contributed by atoms with Crippen LogP contribution in [0.25, 0.3) is 16.9 Å². The smallest absolute Gasteiger partial charge is 0.358 e. The normalized spacial score (nSPS) is 13.9. The Morgan fingerprint density at radius 1 is 1.00 bits per heavy atom. The molecule has 0 saturated carbocycles. The first kappa shape index (κ1) is 24.4. The molecule has 1 amide bonds. The number of anilines is 1. The molecule has 1 aromatic heterocycles. The highest BCUT2D eigenvalue weighted by Gasteiger charge is 2.22. The minimum Gasteiger partial charge on any atom is -0.461 e. The molecule has 1 aliphatic heterocycles. The molecule has 0 atom stereocenters. The van der Waals surface area contributed by atoms with Gasteiger partial charge in [0, 0.05) is 43.9 Å². The number of rotatable bonds is 7. The van der Waals surface area contributed by atoms with Crippen molar-refractivity contribution < 1.29 is 18.7 Å². The van der Waals surface area contributed by atoms with Crippen LogP contribution in [0.2, 0.25) is 0 Å². The number of hydrogen-bond donors (Lipinski definition) is 0. The standard InChI is InChI=1S/C27H31FN4O3/c1-4-35-27(34)24-18-25(32(29-24)23-7-5-6-21(28)17-23)20-8-10-22(11-9-20)30-12-14-31(15-13-30)26(33)16-19(2)3/h5-11,17-19H,4,12-16H2,1-3H3. The molecule has 0 spiro atoms. The molecule has 2 aromatic carbocycles. The van der Waals surface area contributed by atoms with Crippen molar-refractivity contribution in [2.45, 2.75) is 27.2 Å². The largest absolute Gasteiger partial charge is 0.461 e. The Morgan fingerprint density at radius 2 is 1.71 bits per heavy atom. The second-order valence-corrected chi connectivity index (χ2v) is 9.04. The number of ether oxygens (including phenoxy) is 1. The number of carbonyl (C=O) groups excluding carboxylic acids is 2. The lowest BCUT2D eigenvalue weighted by Gasteiger charge is -2.36. The summed E-state index contributed by atoms with van der Waals surface area (Å²) >= 11 is 0. The number of halogens is 1. The van der Waals surface area contributed by atoms with Crippen LogP contribution in [0.15, 0.2) is 54.6 Å². The van der Waals surface area contributed by atoms with E-state index in [-0.39, 0.29) is 24.0 Å². The monoisotopic (exact) mass is 478 g/mol. The van der Waals surface area contributed by atoms with Crippen molar-refractivity contribution in [2.75, 3.05) is 37.7 Å². The maximum absolute atomic E-state index is 13.9. The lowest BCUT2D eigenvalue weighted by atomic mass is 10.1. The molecule has 0 unspecified atom stereocenters. The summed E-state index contributed by atoms with van der Waals surface area (Å²) in [7, 11) is 0. The average molecular weight is 479 g/mol. The number of esters is 1. The molecule has 184 valence electrons. The van der Waals surface area contributed by atoms with Crippen molar-refractivity contribution in [2.24, 2.45) is 5.92 Å². The lowest BCUT2D eigenvalue weighted by molar-refractivity contribution is -0.132. The molecule has 1 fully saturated rings. The zero-order valence-corrected chi connectivity index (χ0v) is 20.4. The number of piperazine rings is 1. The van der Waals surface area contributed by atoms with Crippen LogP contribution in [0.3, 0.4) is 0 Å². The first-order valence-corrected chi connectivity index (χ1v) is 12.0. The van der Waals surface area contributed by atoms with Gasteiger partial charge in [-0.25, -0.2) is 13.9 Å². The van der Waals surface area contributed by atoms with E-state index in [1.807, 2.05) is 29.2 Å². The Morgan fingerprint density at radius 3 is 2.34 bits per heavy atom. The van der Waals surface area contributed by atoms with Crippen LogP contribution < -0.4 is 4.90 Å². The molecule has 8 heteroatoms. The Kier molecular flexibility index (Phi) is 7.48. The van der Waals surface area contributed by atoms with Gasteiger partial charge in [-0.15, -0.1) is 0 Å². The van der Waals surface area contributed by atoms with Gasteiger partial charge in [0.25, 0.3) is 0 Å². The van der Waals surface area contributed by atoms with Crippen LogP contribution in [0, 0.1) is 11.7 Å². The highest BCUT2D eigenvalue weighted by atomic mass is 19.1. The molecule has 3 aromatic rings. The van der Waals surface area contributed by atoms with Gasteiger partial charge in [0.15, 0.2) is 5.69 Å². The quantitative estimate of drug-likeness (QED) is 0.466. The summed E-state index contributed by atoms with van der Waals surface area (Å²) in [5.74, 6) is -0.329. The summed E-state index contributed by atoms with van der Waals surface area (Å²) in [6.45, 7) is 9.07. The Bertz CT molecular complexity index is 1180. The lowest BCUT2D eigenvalue weighted by Crippen LogP contribution is -2.49. The molecule has 0 bridgehead atoms. The van der Waals surface area contributed by atoms with Gasteiger partial charge in [-0.2, -0.15) is 5.10 Å². The maximum atomic E-state index is 13.9. The van der Waals surface area contributed by atoms with Crippen molar-refractivity contribution in [3.63, 3.8) is 0 Å². The van der Waals surface area contributed by atoms with Gasteiger partial charge in [0.1, 0.15) is 5.82 Å². The van der Waals surface area contributed by atoms with Crippen LogP contribution in [0.1, 0.15) is 37.7 Å². The van der Waals surface area contributed by atoms with E-state index in [4.69, 9.17) is 4.74 Å². The number of carbonyl (C=O) groups is 2. The highest BCUT2D eigenvalue weighted by molar-refractivity contribution is 5.89. The van der Waals surface area contributed by atoms with E-state index in [9.17, 15) is 14.0 Å². The molecule has 7 nitrogen and oxygen atoms in total. The molecule has 35 heavy (non-hydrogen) atoms. The second-order valence-electron chi connectivity index (χ2n) is 9.04. The molecule has 0 radical (unpaired) electrons. The fourth-order valence-electron chi connectivity index (χ4n) is 4.23. The summed E-state index contributed by atoms with van der Waals surface area (Å²) < 4.78 is 20.6. The highest BCUT2D eigenvalue weighted by Crippen LogP contribution is 2.28. The minimum absolute atomic E-state index is 0.164. The van der Waals surface area contributed by atoms with E-state index >= 15 is 0 Å². The van der Waals surface area contributed by atoms with E-state index in [1.54, 1.807) is 29.8 Å². The predicted molar refractivity (Wildman–Crippen MR) is 133 cm³/mol. The number of nitrogens with zero attached hydrogens (tertiary/aromatic N) is 4. The number of benzene rings is 2. The van der Waals surface area contributed by atoms with E-state index < -0.39 is 5.97 Å². The number of aromatic nitrogens is 2. The summed E-state index contributed by atoms with van der Waals surface area (Å²) in [5.41, 5.74) is 3.24. The molecular weight excluding hydrogens is 447 g/mol. The number of hydrogen-bond acceptors (Lipinski definition) is 5. The topological polar surface area (TPSA) is 67.7 Å². The van der Waals surface area contributed by atoms with Gasteiger partial charge >= 0.3 is 5.97 Å². The van der Waals surface area contributed by atoms with Crippen LogP contribution in [-0.2, 0) is 9.53 Å². The van der Waals surface area contributed by atoms with Crippen molar-refractivity contribution >= 4 is 17.6 Å². The SMILES string of the molecule is CCOC(=O)c1cc(-c2ccc(N3CCN(C(=O)CC(C)C)CC3)cc2)n(-c2cccc(F)c2)n1. The zero-order valence-electron chi connectivity index (χ0n) is 20.4. The van der Waals surface area contributed by atoms with Crippen molar-refractivity contribution in [3.8, 4) is 16.9 Å². The molecular formula is C27H31FN4O3. The van der Waals surface area contributed by atoms with E-state index in [0.29, 0.717) is 36.8 Å². The second kappa shape index (κ2) is 10.7. The summed E-state index contributed by atoms with van der Waals surface area (Å²) in [6.07, 6.45) is 0.585. The summed E-state index contributed by atoms with van der Waals surface area (Å²) in [4.78, 5) is 28.9. The molecule has 2 heterocycles. The van der Waals surface area contributed by atoms with Crippen molar-refractivity contribution in [1.82, 2.24) is 14.7 Å². The van der Waals surface area contributed by atoms with Gasteiger partial charge in [0.05, 0.1) is 18.0 Å². The van der Waals surface area contributed by atoms with Crippen molar-refractivity contribution in [3.05, 3.63) is 66.1 Å². The minimum atomic E-state index is -0.523. The Hall–Kier alpha value is -3.68. The Balaban J connectivity index is 1.55. The molecule has 1 aliphatic rings. The van der Waals surface area contributed by atoms with Gasteiger partial charge in [-0.05, 0) is 49.2 Å². The first-order valence-electron chi connectivity index (χ1n) is 12.0. The molecule has 0 N–H and O–H groups in total. The van der Waals surface area contributed by atoms with Gasteiger partial charge in [-0.1, -0.05) is 32.0 Å². The Labute approximate surface area is 205 Å². The molecule has 4 rings (SSSR count). The van der Waals surface area contributed by atoms with E-state index in [1.165, 1.54) is 12.1 Å². The average Bonchev–Trinajstić information content (AvgIpc) is 3.30. The summed E-state index contributed by atoms with van der Waals surface area (Å²) in [5, 5.41) is 4.40. The van der Waals surface area contributed by atoms with Crippen LogP contribution >= 0.6 is 0 Å². The van der Waals surface area contributed by atoms with Gasteiger partial charge < -0.3 is 14.5 Å². The van der Waals surface area contributed by atoms with Crippen LogP contribution in [-0.4, -0.2) is 59.3 Å². The van der Waals surface area contributed by atoms with Gasteiger partial charge in [-0.3, -0.25) is 4.79 Å². The third kappa shape index (κ3) is 5.70. The van der Waals surface area contributed by atoms with E-state index in [0.717, 1.165) is 24.3 Å². The van der Waals surface area contributed by atoms with Gasteiger partial charge in [0.2, 0.25) is 5.91 Å². The van der Waals surface area contributed by atoms with E-state index in [2.05, 4.69) is 23.8 Å². The predicted octanol–water partition coefficient (Wildman–Crippen LogP) is 4.55. The summed E-state index contributed by atoms with van der Waals surface area (Å²) in [6, 6.07) is 15.7.